The molecule has 2 aromatic rings. The van der Waals surface area contributed by atoms with Crippen molar-refractivity contribution < 1.29 is 13.6 Å². The average molecular weight is 339 g/mol. The molecule has 1 amide bonds. The second kappa shape index (κ2) is 6.79. The van der Waals surface area contributed by atoms with Crippen molar-refractivity contribution >= 4 is 29.0 Å². The van der Waals surface area contributed by atoms with Crippen LogP contribution in [0, 0.1) is 11.6 Å². The molecule has 1 unspecified atom stereocenters. The van der Waals surface area contributed by atoms with E-state index >= 15 is 0 Å². The van der Waals surface area contributed by atoms with Crippen molar-refractivity contribution in [3.63, 3.8) is 0 Å². The Bertz CT molecular complexity index is 660. The molecule has 116 valence electrons. The molecule has 0 radical (unpaired) electrons. The highest BCUT2D eigenvalue weighted by molar-refractivity contribution is 7.99. The van der Waals surface area contributed by atoms with E-state index in [2.05, 4.69) is 11.4 Å². The molecule has 0 spiro atoms. The highest BCUT2D eigenvalue weighted by atomic mass is 32.2. The number of rotatable bonds is 2. The lowest BCUT2D eigenvalue weighted by Gasteiger charge is -2.20. The molecule has 2 heterocycles. The van der Waals surface area contributed by atoms with Gasteiger partial charge in [-0.1, -0.05) is 6.07 Å². The van der Waals surface area contributed by atoms with E-state index in [1.807, 2.05) is 17.8 Å². The van der Waals surface area contributed by atoms with Crippen molar-refractivity contribution in [3.05, 3.63) is 57.8 Å². The molecule has 1 aromatic heterocycles. The number of halogens is 2. The summed E-state index contributed by atoms with van der Waals surface area (Å²) < 4.78 is 26.7. The Hall–Kier alpha value is -1.40. The highest BCUT2D eigenvalue weighted by Gasteiger charge is 2.25. The quantitative estimate of drug-likeness (QED) is 0.811. The fourth-order valence-corrected chi connectivity index (χ4v) is 4.75. The summed E-state index contributed by atoms with van der Waals surface area (Å²) in [5.41, 5.74) is -0.0547. The SMILES string of the molecule is O=C(c1ccc(F)cc1F)N1CCSC(c2cccs2)CC1. The molecule has 1 aliphatic rings. The van der Waals surface area contributed by atoms with Gasteiger partial charge in [0.05, 0.1) is 5.56 Å². The smallest absolute Gasteiger partial charge is 0.256 e. The number of hydrogen-bond donors (Lipinski definition) is 0. The fraction of sp³-hybridized carbons (Fsp3) is 0.312. The number of benzene rings is 1. The minimum absolute atomic E-state index is 0.0547. The van der Waals surface area contributed by atoms with E-state index in [9.17, 15) is 13.6 Å². The molecule has 0 aliphatic carbocycles. The molecule has 0 N–H and O–H groups in total. The van der Waals surface area contributed by atoms with Gasteiger partial charge >= 0.3 is 0 Å². The normalized spacial score (nSPS) is 19.0. The summed E-state index contributed by atoms with van der Waals surface area (Å²) in [7, 11) is 0. The van der Waals surface area contributed by atoms with E-state index in [1.54, 1.807) is 16.2 Å². The van der Waals surface area contributed by atoms with Gasteiger partial charge in [-0.2, -0.15) is 11.8 Å². The number of nitrogens with zero attached hydrogens (tertiary/aromatic N) is 1. The molecule has 1 saturated heterocycles. The van der Waals surface area contributed by atoms with Gasteiger partial charge in [0.2, 0.25) is 0 Å². The molecular weight excluding hydrogens is 324 g/mol. The largest absolute Gasteiger partial charge is 0.338 e. The third-order valence-corrected chi connectivity index (χ3v) is 6.10. The predicted molar refractivity (Wildman–Crippen MR) is 86.4 cm³/mol. The van der Waals surface area contributed by atoms with Gasteiger partial charge in [-0.3, -0.25) is 4.79 Å². The maximum atomic E-state index is 13.8. The van der Waals surface area contributed by atoms with Crippen molar-refractivity contribution in [1.29, 1.82) is 0 Å². The first-order valence-electron chi connectivity index (χ1n) is 7.04. The molecule has 22 heavy (non-hydrogen) atoms. The molecule has 1 aliphatic heterocycles. The van der Waals surface area contributed by atoms with Crippen molar-refractivity contribution in [1.82, 2.24) is 4.90 Å². The number of amides is 1. The topological polar surface area (TPSA) is 20.3 Å². The number of thiophene rings is 1. The van der Waals surface area contributed by atoms with E-state index in [1.165, 1.54) is 10.9 Å². The van der Waals surface area contributed by atoms with Crippen LogP contribution >= 0.6 is 23.1 Å². The van der Waals surface area contributed by atoms with Crippen molar-refractivity contribution in [2.75, 3.05) is 18.8 Å². The van der Waals surface area contributed by atoms with Crippen LogP contribution in [0.5, 0.6) is 0 Å². The van der Waals surface area contributed by atoms with Crippen LogP contribution in [0.15, 0.2) is 35.7 Å². The molecule has 2 nitrogen and oxygen atoms in total. The second-order valence-electron chi connectivity index (χ2n) is 5.08. The Morgan fingerprint density at radius 1 is 1.23 bits per heavy atom. The zero-order valence-electron chi connectivity index (χ0n) is 11.8. The second-order valence-corrected chi connectivity index (χ2v) is 7.37. The zero-order valence-corrected chi connectivity index (χ0v) is 13.4. The van der Waals surface area contributed by atoms with Crippen LogP contribution in [0.4, 0.5) is 8.78 Å². The number of hydrogen-bond acceptors (Lipinski definition) is 3. The first-order chi connectivity index (χ1) is 10.6. The van der Waals surface area contributed by atoms with Crippen molar-refractivity contribution in [2.45, 2.75) is 11.7 Å². The maximum absolute atomic E-state index is 13.8. The van der Waals surface area contributed by atoms with Crippen molar-refractivity contribution in [2.24, 2.45) is 0 Å². The first-order valence-corrected chi connectivity index (χ1v) is 8.97. The maximum Gasteiger partial charge on any atom is 0.256 e. The third-order valence-electron chi connectivity index (χ3n) is 3.65. The van der Waals surface area contributed by atoms with Crippen LogP contribution in [0.1, 0.15) is 26.9 Å². The average Bonchev–Trinajstić information content (AvgIpc) is 2.91. The molecule has 3 rings (SSSR count). The standard InChI is InChI=1S/C16H15F2NOS2/c17-11-3-4-12(13(18)10-11)16(20)19-6-5-15(22-9-7-19)14-2-1-8-21-14/h1-4,8,10,15H,5-7,9H2. The zero-order chi connectivity index (χ0) is 15.5. The van der Waals surface area contributed by atoms with Gasteiger partial charge in [-0.05, 0) is 30.0 Å². The van der Waals surface area contributed by atoms with Crippen LogP contribution in [-0.4, -0.2) is 29.6 Å². The minimum atomic E-state index is -0.795. The van der Waals surface area contributed by atoms with Gasteiger partial charge < -0.3 is 4.90 Å². The molecule has 1 aromatic carbocycles. The highest BCUT2D eigenvalue weighted by Crippen LogP contribution is 2.36. The molecule has 1 atom stereocenters. The number of carbonyl (C=O) groups excluding carboxylic acids is 1. The Balaban J connectivity index is 1.71. The van der Waals surface area contributed by atoms with Crippen LogP contribution in [-0.2, 0) is 0 Å². The van der Waals surface area contributed by atoms with E-state index in [0.29, 0.717) is 18.3 Å². The van der Waals surface area contributed by atoms with Crippen molar-refractivity contribution in [3.8, 4) is 0 Å². The van der Waals surface area contributed by atoms with Gasteiger partial charge in [-0.15, -0.1) is 11.3 Å². The molecule has 0 saturated carbocycles. The number of thioether (sulfide) groups is 1. The lowest BCUT2D eigenvalue weighted by Crippen LogP contribution is -2.33. The van der Waals surface area contributed by atoms with E-state index < -0.39 is 11.6 Å². The van der Waals surface area contributed by atoms with E-state index in [-0.39, 0.29) is 11.5 Å². The Kier molecular flexibility index (Phi) is 4.78. The van der Waals surface area contributed by atoms with Gasteiger partial charge in [0.25, 0.3) is 5.91 Å². The summed E-state index contributed by atoms with van der Waals surface area (Å²) in [4.78, 5) is 15.4. The summed E-state index contributed by atoms with van der Waals surface area (Å²) in [5.74, 6) is -1.00. The van der Waals surface area contributed by atoms with Crippen LogP contribution < -0.4 is 0 Å². The Morgan fingerprint density at radius 3 is 2.82 bits per heavy atom. The summed E-state index contributed by atoms with van der Waals surface area (Å²) in [6.07, 6.45) is 0.847. The Morgan fingerprint density at radius 2 is 2.09 bits per heavy atom. The van der Waals surface area contributed by atoms with Crippen LogP contribution in [0.25, 0.3) is 0 Å². The van der Waals surface area contributed by atoms with Gasteiger partial charge in [0, 0.05) is 35.0 Å². The summed E-state index contributed by atoms with van der Waals surface area (Å²) in [6.45, 7) is 1.17. The van der Waals surface area contributed by atoms with Gasteiger partial charge in [0.1, 0.15) is 11.6 Å². The molecule has 6 heteroatoms. The number of carbonyl (C=O) groups is 1. The van der Waals surface area contributed by atoms with Crippen LogP contribution in [0.2, 0.25) is 0 Å². The van der Waals surface area contributed by atoms with Gasteiger partial charge in [0.15, 0.2) is 0 Å². The lowest BCUT2D eigenvalue weighted by atomic mass is 10.1. The molecule has 0 bridgehead atoms. The Labute approximate surface area is 136 Å². The van der Waals surface area contributed by atoms with E-state index in [4.69, 9.17) is 0 Å². The summed E-state index contributed by atoms with van der Waals surface area (Å²) in [6, 6.07) is 7.25. The molecular formula is C16H15F2NOS2. The van der Waals surface area contributed by atoms with Crippen LogP contribution in [0.3, 0.4) is 0 Å². The monoisotopic (exact) mass is 339 g/mol. The molecule has 1 fully saturated rings. The summed E-state index contributed by atoms with van der Waals surface area (Å²) >= 11 is 3.55. The third kappa shape index (κ3) is 3.33. The fourth-order valence-electron chi connectivity index (χ4n) is 2.51. The lowest BCUT2D eigenvalue weighted by molar-refractivity contribution is 0.0762. The first kappa shape index (κ1) is 15.5. The van der Waals surface area contributed by atoms with Gasteiger partial charge in [-0.25, -0.2) is 8.78 Å². The minimum Gasteiger partial charge on any atom is -0.338 e. The summed E-state index contributed by atoms with van der Waals surface area (Å²) in [5, 5.41) is 2.44. The predicted octanol–water partition coefficient (Wildman–Crippen LogP) is 4.35. The van der Waals surface area contributed by atoms with E-state index in [0.717, 1.165) is 24.3 Å².